The molecule has 3 aromatic carbocycles. The van der Waals surface area contributed by atoms with Crippen molar-refractivity contribution in [2.75, 3.05) is 0 Å². The summed E-state index contributed by atoms with van der Waals surface area (Å²) in [6, 6.07) is 27.1. The average Bonchev–Trinajstić information content (AvgIpc) is 3.14. The first-order chi connectivity index (χ1) is 14.2. The summed E-state index contributed by atoms with van der Waals surface area (Å²) in [5.74, 6) is 0.111. The van der Waals surface area contributed by atoms with Gasteiger partial charge in [-0.3, -0.25) is 4.79 Å². The number of carbonyl (C=O) groups excluding carboxylic acids is 1. The van der Waals surface area contributed by atoms with Crippen molar-refractivity contribution in [2.24, 2.45) is 0 Å². The van der Waals surface area contributed by atoms with Crippen LogP contribution in [0.25, 0.3) is 6.08 Å². The molecule has 29 heavy (non-hydrogen) atoms. The molecule has 1 aliphatic carbocycles. The number of benzene rings is 3. The van der Waals surface area contributed by atoms with Crippen LogP contribution in [0.3, 0.4) is 0 Å². The molecule has 0 spiro atoms. The molecule has 0 aromatic heterocycles. The highest BCUT2D eigenvalue weighted by Crippen LogP contribution is 2.45. The summed E-state index contributed by atoms with van der Waals surface area (Å²) in [5, 5.41) is 0. The number of Topliss-reactive ketones (excluding diaryl/α,β-unsaturated/α-hetero) is 1. The maximum Gasteiger partial charge on any atom is 0.143 e. The van der Waals surface area contributed by atoms with E-state index in [9.17, 15) is 9.18 Å². The smallest absolute Gasteiger partial charge is 0.143 e. The highest BCUT2D eigenvalue weighted by atomic mass is 19.1. The molecule has 0 saturated heterocycles. The number of carbonyl (C=O) groups is 1. The molecule has 0 radical (unpaired) electrons. The van der Waals surface area contributed by atoms with Gasteiger partial charge in [-0.25, -0.2) is 4.39 Å². The van der Waals surface area contributed by atoms with E-state index in [-0.39, 0.29) is 17.5 Å². The van der Waals surface area contributed by atoms with Gasteiger partial charge in [-0.05, 0) is 48.1 Å². The molecule has 1 fully saturated rings. The van der Waals surface area contributed by atoms with Crippen LogP contribution in [0.1, 0.15) is 48.3 Å². The lowest BCUT2D eigenvalue weighted by atomic mass is 9.70. The van der Waals surface area contributed by atoms with Crippen LogP contribution in [-0.2, 0) is 10.2 Å². The normalized spacial score (nSPS) is 20.2. The number of halogens is 1. The minimum Gasteiger partial charge on any atom is -0.299 e. The summed E-state index contributed by atoms with van der Waals surface area (Å²) in [6.07, 6.45) is 7.35. The van der Waals surface area contributed by atoms with E-state index in [1.165, 1.54) is 17.7 Å². The van der Waals surface area contributed by atoms with Gasteiger partial charge in [0, 0.05) is 12.3 Å². The molecule has 0 amide bonds. The molecule has 0 N–H and O–H groups in total. The zero-order valence-electron chi connectivity index (χ0n) is 16.4. The van der Waals surface area contributed by atoms with E-state index in [0.29, 0.717) is 12.8 Å². The van der Waals surface area contributed by atoms with Gasteiger partial charge in [-0.1, -0.05) is 84.9 Å². The van der Waals surface area contributed by atoms with Crippen molar-refractivity contribution in [1.82, 2.24) is 0 Å². The molecule has 2 atom stereocenters. The molecule has 3 aromatic rings. The first-order valence-electron chi connectivity index (χ1n) is 10.2. The topological polar surface area (TPSA) is 17.1 Å². The van der Waals surface area contributed by atoms with Gasteiger partial charge < -0.3 is 0 Å². The largest absolute Gasteiger partial charge is 0.299 e. The predicted octanol–water partition coefficient (Wildman–Crippen LogP) is 6.70. The monoisotopic (exact) mass is 384 g/mol. The summed E-state index contributed by atoms with van der Waals surface area (Å²) in [5.41, 5.74) is 2.73. The summed E-state index contributed by atoms with van der Waals surface area (Å²) < 4.78 is 13.5. The first kappa shape index (κ1) is 19.3. The van der Waals surface area contributed by atoms with E-state index in [4.69, 9.17) is 0 Å². The van der Waals surface area contributed by atoms with Gasteiger partial charge in [0.2, 0.25) is 0 Å². The van der Waals surface area contributed by atoms with Crippen LogP contribution in [0.15, 0.2) is 91.0 Å². The minimum atomic E-state index is -0.546. The van der Waals surface area contributed by atoms with Gasteiger partial charge >= 0.3 is 0 Å². The van der Waals surface area contributed by atoms with Gasteiger partial charge in [0.15, 0.2) is 0 Å². The molecular formula is C27H25FO. The Morgan fingerprint density at radius 2 is 1.55 bits per heavy atom. The van der Waals surface area contributed by atoms with Crippen molar-refractivity contribution in [3.8, 4) is 0 Å². The van der Waals surface area contributed by atoms with Crippen LogP contribution in [0, 0.1) is 5.82 Å². The Morgan fingerprint density at radius 3 is 2.17 bits per heavy atom. The molecule has 4 rings (SSSR count). The molecule has 0 heterocycles. The third-order valence-corrected chi connectivity index (χ3v) is 6.05. The van der Waals surface area contributed by atoms with E-state index >= 15 is 0 Å². The SMILES string of the molecule is O=C1CCC[C@]1(C[C@@H](/C=C/c1ccccc1)c1ccccc1)c1ccc(F)cc1. The number of allylic oxidation sites excluding steroid dienone is 1. The second-order valence-electron chi connectivity index (χ2n) is 7.86. The highest BCUT2D eigenvalue weighted by molar-refractivity contribution is 5.92. The Hall–Kier alpha value is -3.00. The van der Waals surface area contributed by atoms with Gasteiger partial charge in [0.05, 0.1) is 5.41 Å². The van der Waals surface area contributed by atoms with Crippen LogP contribution >= 0.6 is 0 Å². The Balaban J connectivity index is 1.72. The number of rotatable bonds is 6. The minimum absolute atomic E-state index is 0.100. The quantitative estimate of drug-likeness (QED) is 0.462. The van der Waals surface area contributed by atoms with E-state index in [1.54, 1.807) is 12.1 Å². The van der Waals surface area contributed by atoms with E-state index in [0.717, 1.165) is 24.0 Å². The summed E-state index contributed by atoms with van der Waals surface area (Å²) in [7, 11) is 0. The van der Waals surface area contributed by atoms with Gasteiger partial charge in [-0.2, -0.15) is 0 Å². The van der Waals surface area contributed by atoms with Crippen molar-refractivity contribution >= 4 is 11.9 Å². The number of hydrogen-bond acceptors (Lipinski definition) is 1. The fourth-order valence-electron chi connectivity index (χ4n) is 4.50. The lowest BCUT2D eigenvalue weighted by Crippen LogP contribution is -2.32. The molecule has 0 bridgehead atoms. The van der Waals surface area contributed by atoms with Crippen molar-refractivity contribution in [1.29, 1.82) is 0 Å². The van der Waals surface area contributed by atoms with Crippen molar-refractivity contribution in [3.05, 3.63) is 114 Å². The van der Waals surface area contributed by atoms with Gasteiger partial charge in [0.1, 0.15) is 11.6 Å². The molecule has 1 aliphatic rings. The van der Waals surface area contributed by atoms with E-state index in [1.807, 2.05) is 36.4 Å². The lowest BCUT2D eigenvalue weighted by molar-refractivity contribution is -0.122. The third kappa shape index (κ3) is 4.22. The average molecular weight is 384 g/mol. The van der Waals surface area contributed by atoms with E-state index in [2.05, 4.69) is 36.4 Å². The Kier molecular flexibility index (Phi) is 5.71. The van der Waals surface area contributed by atoms with Crippen molar-refractivity contribution in [2.45, 2.75) is 37.0 Å². The fraction of sp³-hybridized carbons (Fsp3) is 0.222. The molecule has 1 saturated carbocycles. The van der Waals surface area contributed by atoms with E-state index < -0.39 is 5.41 Å². The maximum absolute atomic E-state index is 13.5. The molecule has 1 nitrogen and oxygen atoms in total. The standard InChI is InChI=1S/C27H25FO/c28-25-17-15-24(16-18-25)27(19-7-12-26(27)29)20-23(22-10-5-2-6-11-22)14-13-21-8-3-1-4-9-21/h1-6,8-11,13-18,23H,7,12,19-20H2/b14-13+/t23-,27+/m1/s1. The van der Waals surface area contributed by atoms with Crippen LogP contribution < -0.4 is 0 Å². The predicted molar refractivity (Wildman–Crippen MR) is 116 cm³/mol. The van der Waals surface area contributed by atoms with Crippen molar-refractivity contribution < 1.29 is 9.18 Å². The van der Waals surface area contributed by atoms with Gasteiger partial charge in [0.25, 0.3) is 0 Å². The molecule has 146 valence electrons. The Morgan fingerprint density at radius 1 is 0.897 bits per heavy atom. The second kappa shape index (κ2) is 8.57. The van der Waals surface area contributed by atoms with Crippen LogP contribution in [0.2, 0.25) is 0 Å². The maximum atomic E-state index is 13.5. The zero-order chi connectivity index (χ0) is 20.1. The first-order valence-corrected chi connectivity index (χ1v) is 10.2. The number of ketones is 1. The van der Waals surface area contributed by atoms with Crippen LogP contribution in [-0.4, -0.2) is 5.78 Å². The molecule has 2 heteroatoms. The zero-order valence-corrected chi connectivity index (χ0v) is 16.4. The number of hydrogen-bond donors (Lipinski definition) is 0. The van der Waals surface area contributed by atoms with Crippen molar-refractivity contribution in [3.63, 3.8) is 0 Å². The lowest BCUT2D eigenvalue weighted by Gasteiger charge is -2.31. The molecule has 0 unspecified atom stereocenters. The van der Waals surface area contributed by atoms with Crippen LogP contribution in [0.5, 0.6) is 0 Å². The third-order valence-electron chi connectivity index (χ3n) is 6.05. The van der Waals surface area contributed by atoms with Gasteiger partial charge in [-0.15, -0.1) is 0 Å². The highest BCUT2D eigenvalue weighted by Gasteiger charge is 2.44. The summed E-state index contributed by atoms with van der Waals surface area (Å²) in [6.45, 7) is 0. The Bertz CT molecular complexity index is 976. The molecular weight excluding hydrogens is 359 g/mol. The van der Waals surface area contributed by atoms with Crippen LogP contribution in [0.4, 0.5) is 4.39 Å². The summed E-state index contributed by atoms with van der Waals surface area (Å²) >= 11 is 0. The second-order valence-corrected chi connectivity index (χ2v) is 7.86. The fourth-order valence-corrected chi connectivity index (χ4v) is 4.50. The molecule has 0 aliphatic heterocycles. The summed E-state index contributed by atoms with van der Waals surface area (Å²) in [4.78, 5) is 13.1. The Labute approximate surface area is 171 Å².